The highest BCUT2D eigenvalue weighted by atomic mass is 16.5. The predicted molar refractivity (Wildman–Crippen MR) is 125 cm³/mol. The summed E-state index contributed by atoms with van der Waals surface area (Å²) in [6.07, 6.45) is 1.91. The van der Waals surface area contributed by atoms with Crippen LogP contribution >= 0.6 is 0 Å². The minimum atomic E-state index is -1.30. The normalized spacial score (nSPS) is 16.7. The third-order valence-electron chi connectivity index (χ3n) is 5.97. The van der Waals surface area contributed by atoms with Gasteiger partial charge in [-0.25, -0.2) is 9.59 Å². The molecular weight excluding hydrogens is 404 g/mol. The maximum atomic E-state index is 13.4. The van der Waals surface area contributed by atoms with Gasteiger partial charge in [0.2, 0.25) is 0 Å². The van der Waals surface area contributed by atoms with Crippen LogP contribution in [0.15, 0.2) is 54.6 Å². The van der Waals surface area contributed by atoms with Gasteiger partial charge in [-0.05, 0) is 63.8 Å². The lowest BCUT2D eigenvalue weighted by molar-refractivity contribution is -0.152. The second-order valence-corrected chi connectivity index (χ2v) is 9.27. The Hall–Kier alpha value is -3.02. The monoisotopic (exact) mass is 438 g/mol. The van der Waals surface area contributed by atoms with Crippen LogP contribution in [0.3, 0.4) is 0 Å². The minimum absolute atomic E-state index is 0.0629. The molecular formula is C26H34N2O4. The molecule has 172 valence electrons. The minimum Gasteiger partial charge on any atom is -0.478 e. The van der Waals surface area contributed by atoms with Crippen molar-refractivity contribution in [2.75, 3.05) is 13.1 Å². The van der Waals surface area contributed by atoms with Crippen molar-refractivity contribution in [3.8, 4) is 5.75 Å². The number of hydrogen-bond donors (Lipinski definition) is 1. The molecule has 0 aliphatic carbocycles. The Bertz CT molecular complexity index is 926. The molecule has 0 aromatic heterocycles. The topological polar surface area (TPSA) is 70.1 Å². The highest BCUT2D eigenvalue weighted by Gasteiger charge is 2.31. The molecule has 0 unspecified atom stereocenters. The number of nitrogens with zero attached hydrogens (tertiary/aromatic N) is 2. The van der Waals surface area contributed by atoms with E-state index in [9.17, 15) is 14.7 Å². The van der Waals surface area contributed by atoms with E-state index in [1.54, 1.807) is 6.07 Å². The van der Waals surface area contributed by atoms with Crippen molar-refractivity contribution in [2.24, 2.45) is 0 Å². The van der Waals surface area contributed by atoms with E-state index in [1.807, 2.05) is 72.2 Å². The lowest BCUT2D eigenvalue weighted by Crippen LogP contribution is -2.49. The number of carboxylic acids is 1. The number of amides is 2. The van der Waals surface area contributed by atoms with Gasteiger partial charge in [-0.2, -0.15) is 0 Å². The molecule has 2 amide bonds. The van der Waals surface area contributed by atoms with E-state index in [2.05, 4.69) is 0 Å². The second kappa shape index (κ2) is 10.1. The zero-order chi connectivity index (χ0) is 23.3. The molecule has 1 N–H and O–H groups in total. The molecule has 3 rings (SSSR count). The zero-order valence-electron chi connectivity index (χ0n) is 19.5. The Labute approximate surface area is 190 Å². The molecule has 32 heavy (non-hydrogen) atoms. The first kappa shape index (κ1) is 23.6. The van der Waals surface area contributed by atoms with Gasteiger partial charge >= 0.3 is 12.0 Å². The molecule has 6 nitrogen and oxygen atoms in total. The van der Waals surface area contributed by atoms with Crippen LogP contribution in [0.5, 0.6) is 5.75 Å². The number of rotatable bonds is 7. The summed E-state index contributed by atoms with van der Waals surface area (Å²) in [4.78, 5) is 28.7. The number of ether oxygens (including phenoxy) is 1. The van der Waals surface area contributed by atoms with Gasteiger partial charge in [-0.1, -0.05) is 42.5 Å². The summed E-state index contributed by atoms with van der Waals surface area (Å²) in [5, 5.41) is 9.35. The standard InChI is InChI=1S/C26H34N2O4/c1-19(2)28(17-20-10-6-5-7-11-20)25(31)27-15-9-13-22(18-27)21-12-8-14-23(16-21)32-26(3,4)24(29)30/h5-8,10-12,14,16,19,22H,9,13,15,17-18H2,1-4H3,(H,29,30)/t22-/m1/s1. The molecule has 0 spiro atoms. The van der Waals surface area contributed by atoms with E-state index in [4.69, 9.17) is 4.74 Å². The summed E-state index contributed by atoms with van der Waals surface area (Å²) in [7, 11) is 0. The van der Waals surface area contributed by atoms with E-state index in [1.165, 1.54) is 13.8 Å². The summed E-state index contributed by atoms with van der Waals surface area (Å²) in [5.41, 5.74) is 0.886. The Kier molecular flexibility index (Phi) is 7.44. The van der Waals surface area contributed by atoms with Crippen LogP contribution in [0.2, 0.25) is 0 Å². The van der Waals surface area contributed by atoms with E-state index >= 15 is 0 Å². The van der Waals surface area contributed by atoms with Crippen molar-refractivity contribution in [2.45, 2.75) is 64.6 Å². The summed E-state index contributed by atoms with van der Waals surface area (Å²) < 4.78 is 5.72. The quantitative estimate of drug-likeness (QED) is 0.650. The average molecular weight is 439 g/mol. The third kappa shape index (κ3) is 5.81. The number of carbonyl (C=O) groups excluding carboxylic acids is 1. The van der Waals surface area contributed by atoms with Crippen molar-refractivity contribution in [3.63, 3.8) is 0 Å². The molecule has 1 aliphatic rings. The Morgan fingerprint density at radius 2 is 1.88 bits per heavy atom. The SMILES string of the molecule is CC(C)N(Cc1ccccc1)C(=O)N1CCC[C@@H](c2cccc(OC(C)(C)C(=O)O)c2)C1. The van der Waals surface area contributed by atoms with Gasteiger partial charge in [0.1, 0.15) is 5.75 Å². The van der Waals surface area contributed by atoms with E-state index in [0.717, 1.165) is 30.5 Å². The van der Waals surface area contributed by atoms with Gasteiger partial charge in [0.05, 0.1) is 0 Å². The van der Waals surface area contributed by atoms with Crippen molar-refractivity contribution in [1.29, 1.82) is 0 Å². The van der Waals surface area contributed by atoms with Crippen molar-refractivity contribution in [1.82, 2.24) is 9.80 Å². The van der Waals surface area contributed by atoms with Gasteiger partial charge in [0.15, 0.2) is 5.60 Å². The van der Waals surface area contributed by atoms with Gasteiger partial charge in [0, 0.05) is 31.6 Å². The molecule has 2 aromatic carbocycles. The summed E-state index contributed by atoms with van der Waals surface area (Å²) in [6.45, 7) is 9.15. The molecule has 0 bridgehead atoms. The van der Waals surface area contributed by atoms with Crippen LogP contribution in [0, 0.1) is 0 Å². The molecule has 1 aliphatic heterocycles. The number of likely N-dealkylation sites (tertiary alicyclic amines) is 1. The Morgan fingerprint density at radius 1 is 1.16 bits per heavy atom. The maximum absolute atomic E-state index is 13.4. The largest absolute Gasteiger partial charge is 0.478 e. The first-order valence-electron chi connectivity index (χ1n) is 11.3. The molecule has 1 heterocycles. The average Bonchev–Trinajstić information content (AvgIpc) is 2.77. The number of piperidine rings is 1. The molecule has 1 saturated heterocycles. The van der Waals surface area contributed by atoms with Crippen molar-refractivity contribution >= 4 is 12.0 Å². The number of urea groups is 1. The zero-order valence-corrected chi connectivity index (χ0v) is 19.5. The highest BCUT2D eigenvalue weighted by molar-refractivity contribution is 5.77. The highest BCUT2D eigenvalue weighted by Crippen LogP contribution is 2.31. The number of carboxylic acid groups (broad SMARTS) is 1. The van der Waals surface area contributed by atoms with Crippen LogP contribution in [0.25, 0.3) is 0 Å². The van der Waals surface area contributed by atoms with Crippen LogP contribution in [-0.2, 0) is 11.3 Å². The van der Waals surface area contributed by atoms with E-state index in [-0.39, 0.29) is 18.0 Å². The lowest BCUT2D eigenvalue weighted by Gasteiger charge is -2.38. The van der Waals surface area contributed by atoms with Gasteiger partial charge in [-0.15, -0.1) is 0 Å². The summed E-state index contributed by atoms with van der Waals surface area (Å²) in [6, 6.07) is 17.8. The molecule has 2 aromatic rings. The maximum Gasteiger partial charge on any atom is 0.347 e. The first-order valence-corrected chi connectivity index (χ1v) is 11.3. The van der Waals surface area contributed by atoms with Crippen molar-refractivity contribution in [3.05, 3.63) is 65.7 Å². The molecule has 1 atom stereocenters. The molecule has 1 fully saturated rings. The van der Waals surface area contributed by atoms with Crippen LogP contribution in [0.4, 0.5) is 4.79 Å². The summed E-state index contributed by atoms with van der Waals surface area (Å²) in [5.74, 6) is -0.286. The third-order valence-corrected chi connectivity index (χ3v) is 5.97. The number of aliphatic carboxylic acids is 1. The fraction of sp³-hybridized carbons (Fsp3) is 0.462. The van der Waals surface area contributed by atoms with Gasteiger partial charge in [0.25, 0.3) is 0 Å². The number of hydrogen-bond acceptors (Lipinski definition) is 3. The van der Waals surface area contributed by atoms with Crippen molar-refractivity contribution < 1.29 is 19.4 Å². The molecule has 0 saturated carbocycles. The lowest BCUT2D eigenvalue weighted by atomic mass is 9.90. The smallest absolute Gasteiger partial charge is 0.347 e. The predicted octanol–water partition coefficient (Wildman–Crippen LogP) is 5.14. The van der Waals surface area contributed by atoms with E-state index in [0.29, 0.717) is 18.8 Å². The van der Waals surface area contributed by atoms with Gasteiger partial charge in [-0.3, -0.25) is 0 Å². The Balaban J connectivity index is 1.72. The molecule has 6 heteroatoms. The summed E-state index contributed by atoms with van der Waals surface area (Å²) >= 11 is 0. The fourth-order valence-corrected chi connectivity index (χ4v) is 4.03. The van der Waals surface area contributed by atoms with Crippen LogP contribution in [-0.4, -0.2) is 51.6 Å². The van der Waals surface area contributed by atoms with Gasteiger partial charge < -0.3 is 19.6 Å². The van der Waals surface area contributed by atoms with Crippen LogP contribution in [0.1, 0.15) is 57.6 Å². The first-order chi connectivity index (χ1) is 15.2. The fourth-order valence-electron chi connectivity index (χ4n) is 4.03. The number of benzene rings is 2. The second-order valence-electron chi connectivity index (χ2n) is 9.27. The Morgan fingerprint density at radius 3 is 2.53 bits per heavy atom. The number of carbonyl (C=O) groups is 2. The van der Waals surface area contributed by atoms with Crippen LogP contribution < -0.4 is 4.74 Å². The molecule has 0 radical (unpaired) electrons. The van der Waals surface area contributed by atoms with E-state index < -0.39 is 11.6 Å².